The molecule has 0 aliphatic rings. The van der Waals surface area contributed by atoms with E-state index in [9.17, 15) is 13.6 Å². The number of aryl methyl sites for hydroxylation is 1. The topological polar surface area (TPSA) is 99.1 Å². The monoisotopic (exact) mass is 440 g/mol. The van der Waals surface area contributed by atoms with Crippen molar-refractivity contribution in [2.75, 3.05) is 17.5 Å². The fourth-order valence-electron chi connectivity index (χ4n) is 3.02. The van der Waals surface area contributed by atoms with Crippen LogP contribution in [0.1, 0.15) is 11.1 Å². The molecule has 8 heteroatoms. The number of rotatable bonds is 10. The van der Waals surface area contributed by atoms with Gasteiger partial charge in [-0.1, -0.05) is 30.3 Å². The van der Waals surface area contributed by atoms with Gasteiger partial charge in [-0.05, 0) is 55.0 Å². The van der Waals surface area contributed by atoms with Crippen LogP contribution in [0.3, 0.4) is 0 Å². The molecular formula is C23H22NO6S-. The number of carboxylic acids is 1. The number of ether oxygens (including phenoxy) is 2. The van der Waals surface area contributed by atoms with E-state index >= 15 is 0 Å². The number of hydrogen-bond donors (Lipinski definition) is 1. The molecule has 1 N–H and O–H groups in total. The first-order valence-electron chi connectivity index (χ1n) is 9.55. The number of nitrogens with zero attached hydrogens (tertiary/aromatic N) is 1. The maximum atomic E-state index is 11.8. The first kappa shape index (κ1) is 22.3. The third-order valence-corrected chi connectivity index (χ3v) is 5.10. The summed E-state index contributed by atoms with van der Waals surface area (Å²) in [6.45, 7) is 2.38. The van der Waals surface area contributed by atoms with Crippen molar-refractivity contribution in [2.24, 2.45) is 0 Å². The number of para-hydroxylation sites is 1. The lowest BCUT2D eigenvalue weighted by Crippen LogP contribution is -2.19. The van der Waals surface area contributed by atoms with Crippen molar-refractivity contribution < 1.29 is 28.1 Å². The first-order chi connectivity index (χ1) is 14.9. The molecule has 0 spiro atoms. The molecule has 0 aliphatic heterocycles. The molecule has 3 aromatic carbocycles. The zero-order chi connectivity index (χ0) is 22.2. The normalized spacial score (nSPS) is 11.5. The molecule has 31 heavy (non-hydrogen) atoms. The number of carboxylic acid groups (broad SMARTS) is 1. The summed E-state index contributed by atoms with van der Waals surface area (Å²) in [6, 6.07) is 20.9. The van der Waals surface area contributed by atoms with Gasteiger partial charge in [0.05, 0.1) is 29.1 Å². The molecule has 0 fully saturated rings. The average Bonchev–Trinajstić information content (AvgIpc) is 2.73. The van der Waals surface area contributed by atoms with Crippen LogP contribution in [0.25, 0.3) is 0 Å². The molecule has 7 nitrogen and oxygen atoms in total. The Morgan fingerprint density at radius 1 is 0.968 bits per heavy atom. The number of carbonyl (C=O) groups is 1. The molecular weight excluding hydrogens is 418 g/mol. The lowest BCUT2D eigenvalue weighted by Gasteiger charge is -2.26. The van der Waals surface area contributed by atoms with E-state index in [0.717, 1.165) is 5.56 Å². The number of anilines is 2. The zero-order valence-corrected chi connectivity index (χ0v) is 17.7. The molecule has 0 aliphatic carbocycles. The van der Waals surface area contributed by atoms with Crippen molar-refractivity contribution in [3.05, 3.63) is 83.9 Å². The van der Waals surface area contributed by atoms with E-state index in [4.69, 9.17) is 14.6 Å². The predicted molar refractivity (Wildman–Crippen MR) is 117 cm³/mol. The van der Waals surface area contributed by atoms with Crippen LogP contribution in [0.2, 0.25) is 0 Å². The Morgan fingerprint density at radius 3 is 2.35 bits per heavy atom. The van der Waals surface area contributed by atoms with Crippen molar-refractivity contribution in [1.29, 1.82) is 0 Å². The summed E-state index contributed by atoms with van der Waals surface area (Å²) >= 11 is -2.47. The summed E-state index contributed by atoms with van der Waals surface area (Å²) < 4.78 is 36.1. The maximum Gasteiger partial charge on any atom is 0.307 e. The van der Waals surface area contributed by atoms with Gasteiger partial charge in [0.1, 0.15) is 24.7 Å². The Labute approximate surface area is 183 Å². The second-order valence-corrected chi connectivity index (χ2v) is 7.52. The molecule has 0 saturated heterocycles. The van der Waals surface area contributed by atoms with E-state index in [-0.39, 0.29) is 19.6 Å². The van der Waals surface area contributed by atoms with Gasteiger partial charge in [0.2, 0.25) is 0 Å². The summed E-state index contributed by atoms with van der Waals surface area (Å²) in [4.78, 5) is 10.9. The van der Waals surface area contributed by atoms with Gasteiger partial charge in [-0.3, -0.25) is 13.3 Å². The maximum absolute atomic E-state index is 11.8. The van der Waals surface area contributed by atoms with E-state index < -0.39 is 17.2 Å². The summed E-state index contributed by atoms with van der Waals surface area (Å²) in [5.41, 5.74) is 2.60. The van der Waals surface area contributed by atoms with E-state index in [1.165, 1.54) is 4.31 Å². The minimum Gasteiger partial charge on any atom is -0.755 e. The SMILES string of the molecule is Cc1cccc(N(c2ccc(OCCOc3ccccc3CC(=O)O)cc2)S(=O)[O-])c1. The number of benzene rings is 3. The second-order valence-electron chi connectivity index (χ2n) is 6.72. The van der Waals surface area contributed by atoms with E-state index in [0.29, 0.717) is 28.4 Å². The van der Waals surface area contributed by atoms with Crippen LogP contribution in [0.4, 0.5) is 11.4 Å². The van der Waals surface area contributed by atoms with Gasteiger partial charge in [-0.15, -0.1) is 0 Å². The van der Waals surface area contributed by atoms with Crippen molar-refractivity contribution in [1.82, 2.24) is 0 Å². The quantitative estimate of drug-likeness (QED) is 0.378. The van der Waals surface area contributed by atoms with Gasteiger partial charge in [-0.2, -0.15) is 0 Å². The number of aliphatic carboxylic acids is 1. The second kappa shape index (κ2) is 10.6. The van der Waals surface area contributed by atoms with Crippen LogP contribution in [-0.2, 0) is 22.5 Å². The minimum atomic E-state index is -2.47. The third kappa shape index (κ3) is 6.31. The van der Waals surface area contributed by atoms with Gasteiger partial charge < -0.3 is 19.1 Å². The van der Waals surface area contributed by atoms with Crippen LogP contribution < -0.4 is 13.8 Å². The summed E-state index contributed by atoms with van der Waals surface area (Å²) in [7, 11) is 0. The number of hydrogen-bond acceptors (Lipinski definition) is 5. The molecule has 0 radical (unpaired) electrons. The molecule has 0 bridgehead atoms. The Balaban J connectivity index is 1.59. The van der Waals surface area contributed by atoms with Gasteiger partial charge in [0.15, 0.2) is 0 Å². The van der Waals surface area contributed by atoms with Crippen LogP contribution in [0, 0.1) is 6.92 Å². The van der Waals surface area contributed by atoms with E-state index in [1.807, 2.05) is 13.0 Å². The molecule has 1 unspecified atom stereocenters. The van der Waals surface area contributed by atoms with E-state index in [1.54, 1.807) is 66.7 Å². The first-order valence-corrected chi connectivity index (χ1v) is 10.6. The predicted octanol–water partition coefficient (Wildman–Crippen LogP) is 4.01. The summed E-state index contributed by atoms with van der Waals surface area (Å²) in [5.74, 6) is 0.147. The van der Waals surface area contributed by atoms with Gasteiger partial charge in [0, 0.05) is 5.56 Å². The van der Waals surface area contributed by atoms with Gasteiger partial charge in [-0.25, -0.2) is 0 Å². The van der Waals surface area contributed by atoms with E-state index in [2.05, 4.69) is 0 Å². The Hall–Kier alpha value is -3.36. The largest absolute Gasteiger partial charge is 0.755 e. The third-order valence-electron chi connectivity index (χ3n) is 4.38. The van der Waals surface area contributed by atoms with Crippen LogP contribution in [0.5, 0.6) is 11.5 Å². The molecule has 162 valence electrons. The highest BCUT2D eigenvalue weighted by Gasteiger charge is 2.11. The minimum absolute atomic E-state index is 0.114. The smallest absolute Gasteiger partial charge is 0.307 e. The Kier molecular flexibility index (Phi) is 7.64. The Bertz CT molecular complexity index is 1050. The fourth-order valence-corrected chi connectivity index (χ4v) is 3.60. The fraction of sp³-hybridized carbons (Fsp3) is 0.174. The van der Waals surface area contributed by atoms with Crippen LogP contribution in [0.15, 0.2) is 72.8 Å². The molecule has 0 amide bonds. The lowest BCUT2D eigenvalue weighted by molar-refractivity contribution is -0.136. The van der Waals surface area contributed by atoms with Crippen molar-refractivity contribution in [3.63, 3.8) is 0 Å². The van der Waals surface area contributed by atoms with Crippen molar-refractivity contribution in [3.8, 4) is 11.5 Å². The van der Waals surface area contributed by atoms with Gasteiger partial charge in [0.25, 0.3) is 0 Å². The average molecular weight is 440 g/mol. The summed E-state index contributed by atoms with van der Waals surface area (Å²) in [5, 5.41) is 8.97. The molecule has 3 rings (SSSR count). The molecule has 0 heterocycles. The molecule has 0 aromatic heterocycles. The highest BCUT2D eigenvalue weighted by molar-refractivity contribution is 7.81. The highest BCUT2D eigenvalue weighted by Crippen LogP contribution is 2.29. The molecule has 3 aromatic rings. The van der Waals surface area contributed by atoms with Crippen molar-refractivity contribution in [2.45, 2.75) is 13.3 Å². The van der Waals surface area contributed by atoms with Gasteiger partial charge >= 0.3 is 5.97 Å². The molecule has 0 saturated carbocycles. The zero-order valence-electron chi connectivity index (χ0n) is 16.9. The molecule has 1 atom stereocenters. The Morgan fingerprint density at radius 2 is 1.68 bits per heavy atom. The summed E-state index contributed by atoms with van der Waals surface area (Å²) in [6.07, 6.45) is -0.114. The lowest BCUT2D eigenvalue weighted by atomic mass is 10.1. The highest BCUT2D eigenvalue weighted by atomic mass is 32.2. The standard InChI is InChI=1S/C23H23NO6S/c1-17-5-4-7-20(15-17)24(31(27)28)19-9-11-21(12-10-19)29-13-14-30-22-8-3-2-6-18(22)16-23(25)26/h2-12,15H,13-14,16H2,1H3,(H,25,26)(H,27,28)/p-1. The van der Waals surface area contributed by atoms with Crippen molar-refractivity contribution >= 4 is 28.6 Å². The van der Waals surface area contributed by atoms with Crippen LogP contribution in [-0.4, -0.2) is 33.1 Å². The van der Waals surface area contributed by atoms with Crippen LogP contribution >= 0.6 is 0 Å².